The summed E-state index contributed by atoms with van der Waals surface area (Å²) in [5.74, 6) is 0.124. The molecule has 13 heteroatoms. The van der Waals surface area contributed by atoms with Crippen molar-refractivity contribution in [1.82, 2.24) is 31.9 Å². The van der Waals surface area contributed by atoms with Gasteiger partial charge in [-0.05, 0) is 122 Å². The smallest absolute Gasteiger partial charge is 0.251 e. The Bertz CT molecular complexity index is 1030. The zero-order chi connectivity index (χ0) is 49.8. The summed E-state index contributed by atoms with van der Waals surface area (Å²) in [6.45, 7) is 13.9. The molecule has 0 saturated carbocycles. The van der Waals surface area contributed by atoms with Crippen LogP contribution in [0.5, 0.6) is 0 Å². The van der Waals surface area contributed by atoms with Crippen LogP contribution in [0.4, 0.5) is 0 Å². The van der Waals surface area contributed by atoms with E-state index in [4.69, 9.17) is 5.11 Å². The van der Waals surface area contributed by atoms with Crippen LogP contribution < -0.4 is 31.9 Å². The van der Waals surface area contributed by atoms with Gasteiger partial charge in [0.1, 0.15) is 18.3 Å². The average molecular weight is 972 g/mol. The lowest BCUT2D eigenvalue weighted by Gasteiger charge is -2.24. The summed E-state index contributed by atoms with van der Waals surface area (Å²) in [4.78, 5) is 24.3. The van der Waals surface area contributed by atoms with Gasteiger partial charge in [0, 0.05) is 19.5 Å². The third-order valence-electron chi connectivity index (χ3n) is 13.5. The van der Waals surface area contributed by atoms with Crippen molar-refractivity contribution in [2.24, 2.45) is 5.92 Å². The number of amides is 2. The van der Waals surface area contributed by atoms with Crippen LogP contribution in [0.1, 0.15) is 239 Å². The summed E-state index contributed by atoms with van der Waals surface area (Å²) in [6.07, 6.45) is 35.7. The molecule has 0 aliphatic carbocycles. The fourth-order valence-electron chi connectivity index (χ4n) is 8.73. The molecule has 0 aliphatic rings. The first-order valence-electron chi connectivity index (χ1n) is 29.0. The van der Waals surface area contributed by atoms with Gasteiger partial charge in [-0.3, -0.25) is 9.59 Å². The minimum absolute atomic E-state index is 0.237. The van der Waals surface area contributed by atoms with E-state index in [1.54, 1.807) is 0 Å². The fourth-order valence-corrected chi connectivity index (χ4v) is 8.73. The Morgan fingerprint density at radius 2 is 0.721 bits per heavy atom. The molecule has 0 bridgehead atoms. The minimum atomic E-state index is -1.87. The number of carbonyl (C=O) groups is 2. The molecule has 0 saturated heterocycles. The number of hydrogen-bond acceptors (Lipinski definition) is 11. The van der Waals surface area contributed by atoms with Gasteiger partial charge in [-0.1, -0.05) is 168 Å². The van der Waals surface area contributed by atoms with Crippen molar-refractivity contribution in [1.29, 1.82) is 0 Å². The molecule has 2 amide bonds. The number of aliphatic hydroxyl groups is 5. The summed E-state index contributed by atoms with van der Waals surface area (Å²) in [6, 6.07) is 0. The monoisotopic (exact) mass is 971 g/mol. The molecule has 406 valence electrons. The number of rotatable bonds is 56. The van der Waals surface area contributed by atoms with Gasteiger partial charge >= 0.3 is 0 Å². The van der Waals surface area contributed by atoms with Crippen molar-refractivity contribution in [2.75, 3.05) is 72.1 Å². The van der Waals surface area contributed by atoms with Gasteiger partial charge in [0.15, 0.2) is 6.10 Å². The van der Waals surface area contributed by atoms with Crippen LogP contribution in [-0.2, 0) is 9.59 Å². The zero-order valence-corrected chi connectivity index (χ0v) is 44.5. The van der Waals surface area contributed by atoms with E-state index in [0.717, 1.165) is 91.0 Å². The minimum Gasteiger partial charge on any atom is -0.394 e. The lowest BCUT2D eigenvalue weighted by atomic mass is 10.00. The molecule has 0 rings (SSSR count). The van der Waals surface area contributed by atoms with E-state index < -0.39 is 36.9 Å². The first-order valence-corrected chi connectivity index (χ1v) is 29.0. The topological polar surface area (TPSA) is 207 Å². The van der Waals surface area contributed by atoms with Crippen LogP contribution in [0, 0.1) is 5.92 Å². The van der Waals surface area contributed by atoms with Gasteiger partial charge in [-0.15, -0.1) is 0 Å². The highest BCUT2D eigenvalue weighted by molar-refractivity contribution is 5.81. The number of carbonyl (C=O) groups excluding carboxylic acids is 2. The fraction of sp³-hybridized carbons (Fsp3) is 0.964. The van der Waals surface area contributed by atoms with E-state index in [1.807, 2.05) is 0 Å². The highest BCUT2D eigenvalue weighted by Crippen LogP contribution is 2.16. The number of hydrogen-bond donors (Lipinski definition) is 11. The quantitative estimate of drug-likeness (QED) is 0.0261. The molecule has 0 spiro atoms. The highest BCUT2D eigenvalue weighted by Gasteiger charge is 2.34. The summed E-state index contributed by atoms with van der Waals surface area (Å²) in [7, 11) is 0. The second-order valence-corrected chi connectivity index (χ2v) is 20.1. The predicted molar refractivity (Wildman–Crippen MR) is 285 cm³/mol. The Kier molecular flexibility index (Phi) is 52.3. The van der Waals surface area contributed by atoms with E-state index in [0.29, 0.717) is 18.9 Å². The van der Waals surface area contributed by atoms with Crippen LogP contribution in [0.25, 0.3) is 0 Å². The summed E-state index contributed by atoms with van der Waals surface area (Å²) in [5.41, 5.74) is 0. The normalized spacial score (nSPS) is 13.5. The number of nitrogens with one attached hydrogen (secondary N) is 6. The molecular weight excluding hydrogens is 857 g/mol. The van der Waals surface area contributed by atoms with Crippen molar-refractivity contribution in [3.05, 3.63) is 0 Å². The van der Waals surface area contributed by atoms with Crippen LogP contribution in [0.15, 0.2) is 0 Å². The first kappa shape index (κ1) is 66.6. The van der Waals surface area contributed by atoms with Crippen LogP contribution >= 0.6 is 0 Å². The van der Waals surface area contributed by atoms with E-state index in [9.17, 15) is 30.0 Å². The molecule has 0 aliphatic heterocycles. The Morgan fingerprint density at radius 1 is 0.382 bits per heavy atom. The standard InChI is InChI=1S/C55H114N6O7/c1-3-5-38-56-40-32-34-42-58-46-49(47-59-43-35-33-41-57-39-6-4-2)36-28-25-27-30-44-60-51(64)37-29-24-22-20-18-16-14-12-10-8-7-9-11-13-15-17-19-21-23-26-31-45-61-55(68)54(67)53(66)52(65)50(63)48-62/h49-50,52-54,56-59,62-63,65-67H,3-48H2,1-2H3,(H,60,64)(H,61,68)/t50-,52-,53+,54-/m1/s1. The van der Waals surface area contributed by atoms with Gasteiger partial charge in [-0.25, -0.2) is 0 Å². The van der Waals surface area contributed by atoms with Crippen LogP contribution in [-0.4, -0.2) is 134 Å². The second kappa shape index (κ2) is 53.4. The third-order valence-corrected chi connectivity index (χ3v) is 13.5. The largest absolute Gasteiger partial charge is 0.394 e. The molecule has 0 unspecified atom stereocenters. The van der Waals surface area contributed by atoms with Gasteiger partial charge in [0.05, 0.1) is 6.61 Å². The summed E-state index contributed by atoms with van der Waals surface area (Å²) in [5, 5.41) is 67.9. The lowest BCUT2D eigenvalue weighted by Crippen LogP contribution is -2.51. The molecule has 0 heterocycles. The molecule has 11 N–H and O–H groups in total. The number of aliphatic hydroxyl groups excluding tert-OH is 5. The molecule has 4 atom stereocenters. The van der Waals surface area contributed by atoms with Crippen molar-refractivity contribution in [3.63, 3.8) is 0 Å². The molecule has 0 aromatic rings. The van der Waals surface area contributed by atoms with Gasteiger partial charge in [0.2, 0.25) is 5.91 Å². The first-order chi connectivity index (χ1) is 33.3. The Balaban J connectivity index is 3.63. The zero-order valence-electron chi connectivity index (χ0n) is 44.5. The summed E-state index contributed by atoms with van der Waals surface area (Å²) < 4.78 is 0. The maximum absolute atomic E-state index is 12.4. The maximum Gasteiger partial charge on any atom is 0.251 e. The lowest BCUT2D eigenvalue weighted by molar-refractivity contribution is -0.148. The second-order valence-electron chi connectivity index (χ2n) is 20.1. The van der Waals surface area contributed by atoms with Crippen LogP contribution in [0.2, 0.25) is 0 Å². The van der Waals surface area contributed by atoms with Crippen molar-refractivity contribution < 1.29 is 35.1 Å². The predicted octanol–water partition coefficient (Wildman–Crippen LogP) is 8.32. The molecule has 68 heavy (non-hydrogen) atoms. The van der Waals surface area contributed by atoms with Crippen LogP contribution in [0.3, 0.4) is 0 Å². The SMILES string of the molecule is CCCCNCCCCNCC(CCCCCCNC(=O)CCCCCCCCCCCCCCCCCCCCCCCNC(=O)[C@H](O)[C@@H](O)[C@H](O)[C@H](O)CO)CNCCCCNCCCC. The van der Waals surface area contributed by atoms with E-state index in [2.05, 4.69) is 45.7 Å². The van der Waals surface area contributed by atoms with Crippen molar-refractivity contribution in [3.8, 4) is 0 Å². The Labute approximate surface area is 418 Å². The van der Waals surface area contributed by atoms with Gasteiger partial charge in [0.25, 0.3) is 5.91 Å². The molecule has 0 aromatic carbocycles. The van der Waals surface area contributed by atoms with Gasteiger partial charge < -0.3 is 57.4 Å². The molecule has 13 nitrogen and oxygen atoms in total. The third kappa shape index (κ3) is 45.7. The molecule has 0 fully saturated rings. The van der Waals surface area contributed by atoms with E-state index in [1.165, 1.54) is 186 Å². The van der Waals surface area contributed by atoms with E-state index >= 15 is 0 Å². The molecular formula is C55H114N6O7. The average Bonchev–Trinajstić information content (AvgIpc) is 3.34. The molecule has 0 radical (unpaired) electrons. The number of unbranched alkanes of at least 4 members (excludes halogenated alkanes) is 27. The Hall–Kier alpha value is -1.42. The maximum atomic E-state index is 12.4. The van der Waals surface area contributed by atoms with Crippen molar-refractivity contribution in [2.45, 2.75) is 263 Å². The molecule has 0 aromatic heterocycles. The highest BCUT2D eigenvalue weighted by atomic mass is 16.4. The Morgan fingerprint density at radius 3 is 1.13 bits per heavy atom. The van der Waals surface area contributed by atoms with E-state index in [-0.39, 0.29) is 5.91 Å². The van der Waals surface area contributed by atoms with Gasteiger partial charge in [-0.2, -0.15) is 0 Å². The van der Waals surface area contributed by atoms with Crippen molar-refractivity contribution >= 4 is 11.8 Å². The summed E-state index contributed by atoms with van der Waals surface area (Å²) >= 11 is 0.